The van der Waals surface area contributed by atoms with Crippen molar-refractivity contribution in [1.29, 1.82) is 0 Å². The molecule has 226 valence electrons. The van der Waals surface area contributed by atoms with Gasteiger partial charge >= 0.3 is 0 Å². The van der Waals surface area contributed by atoms with Crippen LogP contribution >= 0.6 is 23.4 Å². The number of carbonyl (C=O) groups is 3. The van der Waals surface area contributed by atoms with Crippen molar-refractivity contribution < 1.29 is 19.5 Å². The van der Waals surface area contributed by atoms with E-state index in [1.54, 1.807) is 27.6 Å². The fourth-order valence-corrected chi connectivity index (χ4v) is 9.90. The van der Waals surface area contributed by atoms with Gasteiger partial charge in [0, 0.05) is 24.4 Å². The lowest BCUT2D eigenvalue weighted by Crippen LogP contribution is -2.58. The molecule has 43 heavy (non-hydrogen) atoms. The summed E-state index contributed by atoms with van der Waals surface area (Å²) in [6.07, 6.45) is 8.77. The SMILES string of the molecule is CC[C@H](C)[C@H](CO)N1C(=O)[C@@H]2[C@@H]3C(=O)N(Cc4ccccc4)CC=C[C@]3(C)S[C@@]23C=CCN(c2ccccc2Cl)C(=O)C13. The van der Waals surface area contributed by atoms with Crippen LogP contribution in [-0.2, 0) is 20.9 Å². The van der Waals surface area contributed by atoms with E-state index in [-0.39, 0.29) is 36.8 Å². The monoisotopic (exact) mass is 619 g/mol. The Bertz CT molecular complexity index is 1480. The first kappa shape index (κ1) is 30.0. The van der Waals surface area contributed by atoms with Crippen LogP contribution in [0.2, 0.25) is 5.02 Å². The first-order valence-electron chi connectivity index (χ1n) is 15.0. The maximum atomic E-state index is 14.8. The van der Waals surface area contributed by atoms with Gasteiger partial charge in [-0.3, -0.25) is 14.4 Å². The number of likely N-dealkylation sites (tertiary alicyclic amines) is 1. The summed E-state index contributed by atoms with van der Waals surface area (Å²) in [5.74, 6) is -2.09. The fraction of sp³-hybridized carbons (Fsp3) is 0.441. The Morgan fingerprint density at radius 1 is 0.953 bits per heavy atom. The summed E-state index contributed by atoms with van der Waals surface area (Å²) in [4.78, 5) is 49.3. The molecule has 0 radical (unpaired) electrons. The molecule has 2 fully saturated rings. The number of halogens is 1. The van der Waals surface area contributed by atoms with E-state index in [4.69, 9.17) is 11.6 Å². The number of thioether (sulfide) groups is 1. The number of anilines is 1. The summed E-state index contributed by atoms with van der Waals surface area (Å²) >= 11 is 8.15. The zero-order valence-corrected chi connectivity index (χ0v) is 26.3. The van der Waals surface area contributed by atoms with E-state index in [2.05, 4.69) is 6.08 Å². The topological polar surface area (TPSA) is 81.2 Å². The Morgan fingerprint density at radius 2 is 1.65 bits per heavy atom. The Morgan fingerprint density at radius 3 is 2.35 bits per heavy atom. The number of hydrogen-bond donors (Lipinski definition) is 1. The van der Waals surface area contributed by atoms with E-state index < -0.39 is 33.4 Å². The Labute approximate surface area is 262 Å². The predicted molar refractivity (Wildman–Crippen MR) is 171 cm³/mol. The number of amides is 3. The van der Waals surface area contributed by atoms with E-state index in [1.807, 2.05) is 92.4 Å². The number of aliphatic hydroxyl groups is 1. The molecule has 7 atom stereocenters. The first-order valence-corrected chi connectivity index (χ1v) is 16.2. The van der Waals surface area contributed by atoms with Crippen LogP contribution in [0.25, 0.3) is 0 Å². The molecule has 0 bridgehead atoms. The maximum absolute atomic E-state index is 14.8. The molecule has 6 rings (SSSR count). The second kappa shape index (κ2) is 11.5. The van der Waals surface area contributed by atoms with Gasteiger partial charge in [-0.15, -0.1) is 11.8 Å². The van der Waals surface area contributed by atoms with Gasteiger partial charge in [-0.25, -0.2) is 0 Å². The van der Waals surface area contributed by atoms with Crippen molar-refractivity contribution in [2.45, 2.75) is 55.3 Å². The Hall–Kier alpha value is -3.07. The lowest BCUT2D eigenvalue weighted by atomic mass is 9.74. The normalized spacial score (nSPS) is 31.4. The average molecular weight is 620 g/mol. The smallest absolute Gasteiger partial charge is 0.251 e. The molecule has 4 heterocycles. The van der Waals surface area contributed by atoms with Crippen LogP contribution in [0.1, 0.15) is 32.8 Å². The lowest BCUT2D eigenvalue weighted by molar-refractivity contribution is -0.146. The summed E-state index contributed by atoms with van der Waals surface area (Å²) in [7, 11) is 0. The van der Waals surface area contributed by atoms with Crippen molar-refractivity contribution in [2.75, 3.05) is 24.6 Å². The van der Waals surface area contributed by atoms with Gasteiger partial charge in [-0.05, 0) is 30.5 Å². The molecular weight excluding hydrogens is 582 g/mol. The van der Waals surface area contributed by atoms with E-state index in [1.165, 1.54) is 0 Å². The molecule has 2 aromatic carbocycles. The molecule has 1 N–H and O–H groups in total. The minimum atomic E-state index is -1.000. The van der Waals surface area contributed by atoms with Crippen LogP contribution in [-0.4, -0.2) is 73.9 Å². The first-order chi connectivity index (χ1) is 20.7. The van der Waals surface area contributed by atoms with Crippen LogP contribution in [0, 0.1) is 17.8 Å². The third-order valence-corrected chi connectivity index (χ3v) is 11.9. The average Bonchev–Trinajstić information content (AvgIpc) is 3.27. The highest BCUT2D eigenvalue weighted by Crippen LogP contribution is 2.66. The summed E-state index contributed by atoms with van der Waals surface area (Å²) < 4.78 is -1.71. The van der Waals surface area contributed by atoms with Gasteiger partial charge < -0.3 is 19.8 Å². The molecule has 2 saturated heterocycles. The Kier molecular flexibility index (Phi) is 7.98. The van der Waals surface area contributed by atoms with E-state index in [0.29, 0.717) is 23.8 Å². The molecule has 4 aliphatic heterocycles. The molecule has 1 spiro atoms. The standard InChI is InChI=1S/C34H38ClN3O4S/c1-4-22(2)26(21-39)38-29-32(42)37(25-15-9-8-14-24(25)35)19-11-17-34(29)28(31(38)41)27-30(40)36(18-10-16-33(27,3)43-34)20-23-12-6-5-7-13-23/h5-17,22,26-29,39H,4,18-21H2,1-3H3/t22-,26-,27+,28-,29?,33-,34-/m0/s1. The number of carbonyl (C=O) groups excluding carboxylic acids is 3. The van der Waals surface area contributed by atoms with Crippen LogP contribution in [0.15, 0.2) is 78.9 Å². The number of aliphatic hydroxyl groups excluding tert-OH is 1. The van der Waals surface area contributed by atoms with Crippen LogP contribution in [0.4, 0.5) is 5.69 Å². The number of para-hydroxylation sites is 1. The Balaban J connectivity index is 1.48. The summed E-state index contributed by atoms with van der Waals surface area (Å²) in [6.45, 7) is 6.93. The summed E-state index contributed by atoms with van der Waals surface area (Å²) in [6, 6.07) is 15.6. The fourth-order valence-electron chi connectivity index (χ4n) is 7.52. The highest BCUT2D eigenvalue weighted by molar-refractivity contribution is 8.02. The van der Waals surface area contributed by atoms with Crippen LogP contribution < -0.4 is 4.90 Å². The summed E-state index contributed by atoms with van der Waals surface area (Å²) in [5.41, 5.74) is 1.59. The highest BCUT2D eigenvalue weighted by atomic mass is 35.5. The molecule has 3 amide bonds. The van der Waals surface area contributed by atoms with Crippen molar-refractivity contribution in [3.8, 4) is 0 Å². The van der Waals surface area contributed by atoms with Crippen molar-refractivity contribution in [3.63, 3.8) is 0 Å². The lowest BCUT2D eigenvalue weighted by Gasteiger charge is -2.41. The van der Waals surface area contributed by atoms with Gasteiger partial charge in [-0.2, -0.15) is 0 Å². The molecule has 0 saturated carbocycles. The van der Waals surface area contributed by atoms with Crippen molar-refractivity contribution in [2.24, 2.45) is 17.8 Å². The molecule has 0 aromatic heterocycles. The molecular formula is C34H38ClN3O4S. The second-order valence-corrected chi connectivity index (χ2v) is 14.5. The maximum Gasteiger partial charge on any atom is 0.251 e. The third kappa shape index (κ3) is 4.73. The van der Waals surface area contributed by atoms with Gasteiger partial charge in [0.1, 0.15) is 6.04 Å². The third-order valence-electron chi connectivity index (χ3n) is 9.78. The molecule has 1 unspecified atom stereocenters. The highest BCUT2D eigenvalue weighted by Gasteiger charge is 2.74. The van der Waals surface area contributed by atoms with Gasteiger partial charge in [0.2, 0.25) is 11.8 Å². The minimum Gasteiger partial charge on any atom is -0.394 e. The predicted octanol–water partition coefficient (Wildman–Crippen LogP) is 4.94. The molecule has 4 aliphatic rings. The van der Waals surface area contributed by atoms with Gasteiger partial charge in [0.25, 0.3) is 5.91 Å². The summed E-state index contributed by atoms with van der Waals surface area (Å²) in [5, 5.41) is 11.1. The van der Waals surface area contributed by atoms with Crippen molar-refractivity contribution in [3.05, 3.63) is 89.5 Å². The van der Waals surface area contributed by atoms with Gasteiger partial charge in [0.05, 0.1) is 39.9 Å². The van der Waals surface area contributed by atoms with Crippen LogP contribution in [0.5, 0.6) is 0 Å². The second-order valence-electron chi connectivity index (χ2n) is 12.3. The molecule has 9 heteroatoms. The number of rotatable bonds is 7. The van der Waals surface area contributed by atoms with Crippen molar-refractivity contribution >= 4 is 46.8 Å². The van der Waals surface area contributed by atoms with E-state index >= 15 is 0 Å². The molecule has 7 nitrogen and oxygen atoms in total. The largest absolute Gasteiger partial charge is 0.394 e. The molecule has 0 aliphatic carbocycles. The van der Waals surface area contributed by atoms with Gasteiger partial charge in [0.15, 0.2) is 0 Å². The number of fused-ring (bicyclic) bond motifs is 2. The zero-order valence-electron chi connectivity index (χ0n) is 24.7. The quantitative estimate of drug-likeness (QED) is 0.444. The van der Waals surface area contributed by atoms with Gasteiger partial charge in [-0.1, -0.05) is 98.6 Å². The van der Waals surface area contributed by atoms with E-state index in [0.717, 1.165) is 12.0 Å². The number of hydrogen-bond acceptors (Lipinski definition) is 5. The van der Waals surface area contributed by atoms with Crippen LogP contribution in [0.3, 0.4) is 0 Å². The molecule has 2 aromatic rings. The number of benzene rings is 2. The van der Waals surface area contributed by atoms with Crippen molar-refractivity contribution in [1.82, 2.24) is 9.80 Å². The number of nitrogens with zero attached hydrogens (tertiary/aromatic N) is 3. The van der Waals surface area contributed by atoms with E-state index in [9.17, 15) is 19.5 Å². The minimum absolute atomic E-state index is 0.0608. The zero-order chi connectivity index (χ0) is 30.5.